The molecule has 0 unspecified atom stereocenters. The fourth-order valence-corrected chi connectivity index (χ4v) is 6.02. The minimum atomic E-state index is -0.638. The normalized spacial score (nSPS) is 13.6. The van der Waals surface area contributed by atoms with E-state index in [1.54, 1.807) is 38.5 Å². The summed E-state index contributed by atoms with van der Waals surface area (Å²) < 4.78 is 37.8. The predicted molar refractivity (Wildman–Crippen MR) is 193 cm³/mol. The van der Waals surface area contributed by atoms with Crippen LogP contribution < -0.4 is 29.2 Å². The van der Waals surface area contributed by atoms with Crippen molar-refractivity contribution in [3.63, 3.8) is 0 Å². The van der Waals surface area contributed by atoms with Crippen LogP contribution >= 0.6 is 0 Å². The van der Waals surface area contributed by atoms with Crippen LogP contribution in [0.1, 0.15) is 36.1 Å². The van der Waals surface area contributed by atoms with Gasteiger partial charge in [0.25, 0.3) is 0 Å². The molecule has 11 nitrogen and oxygen atoms in total. The zero-order valence-corrected chi connectivity index (χ0v) is 30.0. The van der Waals surface area contributed by atoms with E-state index in [1.807, 2.05) is 45.0 Å². The molecule has 0 saturated carbocycles. The first-order chi connectivity index (χ1) is 24.0. The Kier molecular flexibility index (Phi) is 12.1. The minimum Gasteiger partial charge on any atom is -0.497 e. The van der Waals surface area contributed by atoms with Crippen molar-refractivity contribution in [3.8, 4) is 23.0 Å². The number of hydrogen-bond acceptors (Lipinski definition) is 10. The topological polar surface area (TPSA) is 102 Å². The molecule has 5 rings (SSSR count). The highest BCUT2D eigenvalue weighted by Crippen LogP contribution is 2.29. The van der Waals surface area contributed by atoms with Crippen molar-refractivity contribution < 1.29 is 28.1 Å². The van der Waals surface area contributed by atoms with E-state index < -0.39 is 11.9 Å². The van der Waals surface area contributed by atoms with E-state index in [9.17, 15) is 4.79 Å². The van der Waals surface area contributed by atoms with Gasteiger partial charge in [0, 0.05) is 62.8 Å². The monoisotopic (exact) mass is 686 g/mol. The second-order valence-corrected chi connectivity index (χ2v) is 12.7. The molecule has 0 spiro atoms. The van der Waals surface area contributed by atoms with E-state index in [-0.39, 0.29) is 24.1 Å². The lowest BCUT2D eigenvalue weighted by molar-refractivity contribution is 0.0965. The lowest BCUT2D eigenvalue weighted by atomic mass is 10.1. The molecule has 0 radical (unpaired) electrons. The van der Waals surface area contributed by atoms with Gasteiger partial charge in [-0.15, -0.1) is 0 Å². The molecule has 266 valence electrons. The number of nitrogens with one attached hydrogen (secondary N) is 1. The van der Waals surface area contributed by atoms with Gasteiger partial charge in [-0.3, -0.25) is 14.7 Å². The maximum absolute atomic E-state index is 15.1. The first kappa shape index (κ1) is 36.3. The number of ether oxygens (including phenoxy) is 4. The van der Waals surface area contributed by atoms with Gasteiger partial charge < -0.3 is 24.3 Å². The quantitative estimate of drug-likeness (QED) is 0.160. The van der Waals surface area contributed by atoms with Crippen molar-refractivity contribution in [2.24, 2.45) is 0 Å². The third-order valence-corrected chi connectivity index (χ3v) is 8.67. The molecule has 4 aromatic rings. The number of nitrogens with zero attached hydrogens (tertiary/aromatic N) is 5. The highest BCUT2D eigenvalue weighted by molar-refractivity contribution is 5.88. The number of hydrogen-bond donors (Lipinski definition) is 1. The summed E-state index contributed by atoms with van der Waals surface area (Å²) in [6, 6.07) is 16.1. The van der Waals surface area contributed by atoms with E-state index in [0.29, 0.717) is 35.6 Å². The van der Waals surface area contributed by atoms with Crippen LogP contribution in [-0.2, 0) is 6.54 Å². The van der Waals surface area contributed by atoms with E-state index in [4.69, 9.17) is 18.9 Å². The Bertz CT molecular complexity index is 1730. The number of anilines is 3. The van der Waals surface area contributed by atoms with Crippen molar-refractivity contribution in [1.82, 2.24) is 19.8 Å². The summed E-state index contributed by atoms with van der Waals surface area (Å²) in [6.45, 7) is 15.4. The number of benzene rings is 3. The molecular formula is C38H47FN6O5. The van der Waals surface area contributed by atoms with E-state index in [2.05, 4.69) is 38.9 Å². The van der Waals surface area contributed by atoms with Gasteiger partial charge >= 0.3 is 6.09 Å². The second kappa shape index (κ2) is 16.6. The second-order valence-electron chi connectivity index (χ2n) is 12.7. The molecule has 1 fully saturated rings. The molecule has 0 atom stereocenters. The third kappa shape index (κ3) is 9.39. The molecule has 12 heteroatoms. The molecule has 0 aliphatic carbocycles. The summed E-state index contributed by atoms with van der Waals surface area (Å²) in [5.41, 5.74) is 3.89. The number of aromatic nitrogens is 2. The van der Waals surface area contributed by atoms with Crippen LogP contribution in [0, 0.1) is 26.6 Å². The third-order valence-electron chi connectivity index (χ3n) is 8.67. The van der Waals surface area contributed by atoms with Crippen LogP contribution in [0.25, 0.3) is 0 Å². The van der Waals surface area contributed by atoms with Crippen LogP contribution in [0.5, 0.6) is 23.0 Å². The van der Waals surface area contributed by atoms with Gasteiger partial charge in [0.1, 0.15) is 29.7 Å². The predicted octanol–water partition coefficient (Wildman–Crippen LogP) is 6.91. The molecule has 3 aromatic carbocycles. The van der Waals surface area contributed by atoms with Crippen LogP contribution in [-0.4, -0.2) is 85.5 Å². The van der Waals surface area contributed by atoms with Gasteiger partial charge in [-0.1, -0.05) is 17.7 Å². The SMILES string of the molecule is COc1cc(CN(C(=O)Oc2c(C)cc(C)cc2C)c2ccnc(Nc3ccc(OCCN4CCN(C(C)C)CC4)c(F)c3)n2)cc(OC)c1. The van der Waals surface area contributed by atoms with E-state index in [0.717, 1.165) is 55.0 Å². The Morgan fingerprint density at radius 3 is 2.24 bits per heavy atom. The average Bonchev–Trinajstić information content (AvgIpc) is 3.09. The van der Waals surface area contributed by atoms with Crippen molar-refractivity contribution in [3.05, 3.63) is 88.9 Å². The number of amides is 1. The Balaban J connectivity index is 1.31. The van der Waals surface area contributed by atoms with Crippen LogP contribution in [0.15, 0.2) is 60.8 Å². The standard InChI is InChI=1S/C38H47FN6O5/c1-25(2)44-14-12-43(13-15-44)16-17-49-34-9-8-30(22-33(34)39)41-37-40-11-10-35(42-37)45(24-29-20-31(47-6)23-32(21-29)48-7)38(46)50-36-27(4)18-26(3)19-28(36)5/h8-11,18-23,25H,12-17,24H2,1-7H3,(H,40,41,42). The summed E-state index contributed by atoms with van der Waals surface area (Å²) in [7, 11) is 3.13. The lowest BCUT2D eigenvalue weighted by Gasteiger charge is -2.36. The summed E-state index contributed by atoms with van der Waals surface area (Å²) in [6.07, 6.45) is 0.884. The van der Waals surface area contributed by atoms with Crippen LogP contribution in [0.2, 0.25) is 0 Å². The maximum atomic E-state index is 15.1. The van der Waals surface area contributed by atoms with Gasteiger partial charge in [0.15, 0.2) is 11.6 Å². The maximum Gasteiger partial charge on any atom is 0.421 e. The fourth-order valence-electron chi connectivity index (χ4n) is 6.02. The van der Waals surface area contributed by atoms with Gasteiger partial charge in [-0.05, 0) is 81.6 Å². The zero-order chi connectivity index (χ0) is 35.8. The number of halogens is 1. The molecule has 1 N–H and O–H groups in total. The number of aryl methyl sites for hydroxylation is 3. The van der Waals surface area contributed by atoms with Crippen molar-refractivity contribution in [1.29, 1.82) is 0 Å². The Hall–Kier alpha value is -4.94. The molecule has 50 heavy (non-hydrogen) atoms. The largest absolute Gasteiger partial charge is 0.497 e. The first-order valence-electron chi connectivity index (χ1n) is 16.8. The first-order valence-corrected chi connectivity index (χ1v) is 16.8. The van der Waals surface area contributed by atoms with E-state index >= 15 is 4.39 Å². The van der Waals surface area contributed by atoms with Gasteiger partial charge in [-0.2, -0.15) is 4.98 Å². The smallest absolute Gasteiger partial charge is 0.421 e. The van der Waals surface area contributed by atoms with E-state index in [1.165, 1.54) is 17.2 Å². The molecule has 1 saturated heterocycles. The minimum absolute atomic E-state index is 0.0842. The zero-order valence-electron chi connectivity index (χ0n) is 30.0. The molecule has 0 bridgehead atoms. The Morgan fingerprint density at radius 2 is 1.62 bits per heavy atom. The summed E-state index contributed by atoms with van der Waals surface area (Å²) in [4.78, 5) is 29.0. The van der Waals surface area contributed by atoms with Gasteiger partial charge in [0.2, 0.25) is 5.95 Å². The number of rotatable bonds is 13. The fraction of sp³-hybridized carbons (Fsp3) is 0.395. The molecule has 1 aliphatic rings. The summed E-state index contributed by atoms with van der Waals surface area (Å²) >= 11 is 0. The summed E-state index contributed by atoms with van der Waals surface area (Å²) in [5, 5.41) is 3.05. The highest BCUT2D eigenvalue weighted by Gasteiger charge is 2.24. The molecule has 2 heterocycles. The van der Waals surface area contributed by atoms with Crippen LogP contribution in [0.3, 0.4) is 0 Å². The van der Waals surface area contributed by atoms with Crippen molar-refractivity contribution in [2.75, 3.05) is 63.8 Å². The Labute approximate surface area is 293 Å². The number of carbonyl (C=O) groups excluding carboxylic acids is 1. The van der Waals surface area contributed by atoms with Crippen molar-refractivity contribution >= 4 is 23.5 Å². The highest BCUT2D eigenvalue weighted by atomic mass is 19.1. The van der Waals surface area contributed by atoms with Crippen molar-refractivity contribution in [2.45, 2.75) is 47.2 Å². The molecule has 1 aromatic heterocycles. The molecular weight excluding hydrogens is 639 g/mol. The molecule has 1 amide bonds. The van der Waals surface area contributed by atoms with Gasteiger partial charge in [-0.25, -0.2) is 14.2 Å². The van der Waals surface area contributed by atoms with Gasteiger partial charge in [0.05, 0.1) is 20.8 Å². The lowest BCUT2D eigenvalue weighted by Crippen LogP contribution is -2.49. The summed E-state index contributed by atoms with van der Waals surface area (Å²) in [5.74, 6) is 1.73. The average molecular weight is 687 g/mol. The number of piperazine rings is 1. The Morgan fingerprint density at radius 1 is 0.940 bits per heavy atom. The number of carbonyl (C=O) groups is 1. The van der Waals surface area contributed by atoms with Crippen LogP contribution in [0.4, 0.5) is 26.6 Å². The molecule has 1 aliphatic heterocycles. The number of methoxy groups -OCH3 is 2.